The third-order valence-electron chi connectivity index (χ3n) is 4.81. The van der Waals surface area contributed by atoms with E-state index in [-0.39, 0.29) is 29.0 Å². The fourth-order valence-corrected chi connectivity index (χ4v) is 4.68. The monoisotopic (exact) mass is 428 g/mol. The van der Waals surface area contributed by atoms with Crippen LogP contribution in [0.25, 0.3) is 0 Å². The lowest BCUT2D eigenvalue weighted by atomic mass is 10.0. The summed E-state index contributed by atoms with van der Waals surface area (Å²) in [6.45, 7) is 0.890. The quantitative estimate of drug-likeness (QED) is 0.640. The zero-order chi connectivity index (χ0) is 21.1. The molecule has 3 aromatic rings. The molecule has 9 nitrogen and oxygen atoms in total. The van der Waals surface area contributed by atoms with Crippen LogP contribution in [0, 0.1) is 0 Å². The third kappa shape index (κ3) is 4.11. The average molecular weight is 428 g/mol. The van der Waals surface area contributed by atoms with Crippen molar-refractivity contribution < 1.29 is 22.4 Å². The summed E-state index contributed by atoms with van der Waals surface area (Å²) in [5.41, 5.74) is 2.45. The van der Waals surface area contributed by atoms with Crippen molar-refractivity contribution in [1.29, 1.82) is 0 Å². The maximum atomic E-state index is 13.0. The first kappa shape index (κ1) is 20.2. The van der Waals surface area contributed by atoms with Crippen LogP contribution in [0.3, 0.4) is 0 Å². The van der Waals surface area contributed by atoms with Crippen LogP contribution in [0.15, 0.2) is 57.8 Å². The highest BCUT2D eigenvalue weighted by molar-refractivity contribution is 7.89. The molecule has 30 heavy (non-hydrogen) atoms. The van der Waals surface area contributed by atoms with Crippen LogP contribution in [-0.2, 0) is 34.3 Å². The molecular weight excluding hydrogens is 408 g/mol. The van der Waals surface area contributed by atoms with Crippen molar-refractivity contribution in [1.82, 2.24) is 14.5 Å². The molecule has 0 fully saturated rings. The minimum Gasteiger partial charge on any atom is -0.405 e. The van der Waals surface area contributed by atoms with E-state index in [0.717, 1.165) is 5.56 Å². The molecule has 156 valence electrons. The van der Waals surface area contributed by atoms with Crippen LogP contribution in [0.1, 0.15) is 27.4 Å². The van der Waals surface area contributed by atoms with Crippen LogP contribution in [0.2, 0.25) is 0 Å². The molecule has 0 saturated heterocycles. The Morgan fingerprint density at radius 2 is 1.87 bits per heavy atom. The number of nitrogens with zero attached hydrogens (tertiary/aromatic N) is 3. The summed E-state index contributed by atoms with van der Waals surface area (Å²) in [6, 6.07) is 13.5. The SMILES string of the molecule is COCc1nnc(NC(=O)c2ccc(S(=O)(=O)N3CCc4ccccc4C3)cc2)o1. The van der Waals surface area contributed by atoms with Gasteiger partial charge in [-0.2, -0.15) is 4.31 Å². The van der Waals surface area contributed by atoms with Gasteiger partial charge in [-0.3, -0.25) is 10.1 Å². The molecule has 1 N–H and O–H groups in total. The van der Waals surface area contributed by atoms with Gasteiger partial charge >= 0.3 is 6.01 Å². The molecule has 2 aromatic carbocycles. The molecule has 0 unspecified atom stereocenters. The number of hydrogen-bond donors (Lipinski definition) is 1. The van der Waals surface area contributed by atoms with E-state index in [1.807, 2.05) is 24.3 Å². The first-order valence-electron chi connectivity index (χ1n) is 9.27. The Hall–Kier alpha value is -3.08. The molecule has 1 amide bonds. The van der Waals surface area contributed by atoms with Crippen LogP contribution in [-0.4, -0.2) is 42.5 Å². The molecule has 0 atom stereocenters. The summed E-state index contributed by atoms with van der Waals surface area (Å²) in [7, 11) is -2.18. The Labute approximate surface area is 173 Å². The zero-order valence-corrected chi connectivity index (χ0v) is 17.1. The predicted octanol–water partition coefficient (Wildman–Crippen LogP) is 2.22. The van der Waals surface area contributed by atoms with Gasteiger partial charge in [-0.05, 0) is 41.8 Å². The van der Waals surface area contributed by atoms with Crippen molar-refractivity contribution in [2.45, 2.75) is 24.5 Å². The number of sulfonamides is 1. The molecule has 1 aliphatic rings. The first-order chi connectivity index (χ1) is 14.5. The molecule has 2 heterocycles. The number of anilines is 1. The Balaban J connectivity index is 1.46. The van der Waals surface area contributed by atoms with Crippen molar-refractivity contribution >= 4 is 21.9 Å². The average Bonchev–Trinajstić information content (AvgIpc) is 3.20. The van der Waals surface area contributed by atoms with E-state index in [0.29, 0.717) is 19.5 Å². The Morgan fingerprint density at radius 3 is 2.60 bits per heavy atom. The van der Waals surface area contributed by atoms with E-state index < -0.39 is 15.9 Å². The summed E-state index contributed by atoms with van der Waals surface area (Å²) < 4.78 is 37.6. The summed E-state index contributed by atoms with van der Waals surface area (Å²) in [6.07, 6.45) is 0.672. The predicted molar refractivity (Wildman–Crippen MR) is 107 cm³/mol. The molecule has 10 heteroatoms. The van der Waals surface area contributed by atoms with Gasteiger partial charge in [0.1, 0.15) is 6.61 Å². The van der Waals surface area contributed by atoms with Gasteiger partial charge in [-0.1, -0.05) is 29.4 Å². The lowest BCUT2D eigenvalue weighted by molar-refractivity contribution is 0.102. The maximum Gasteiger partial charge on any atom is 0.322 e. The van der Waals surface area contributed by atoms with Gasteiger partial charge in [0.25, 0.3) is 5.91 Å². The second-order valence-electron chi connectivity index (χ2n) is 6.77. The van der Waals surface area contributed by atoms with E-state index in [1.54, 1.807) is 0 Å². The van der Waals surface area contributed by atoms with Crippen molar-refractivity contribution in [2.75, 3.05) is 19.0 Å². The summed E-state index contributed by atoms with van der Waals surface area (Å²) in [5, 5.41) is 9.91. The van der Waals surface area contributed by atoms with E-state index in [9.17, 15) is 13.2 Å². The van der Waals surface area contributed by atoms with Gasteiger partial charge in [-0.15, -0.1) is 5.10 Å². The highest BCUT2D eigenvalue weighted by Crippen LogP contribution is 2.25. The second-order valence-corrected chi connectivity index (χ2v) is 8.71. The summed E-state index contributed by atoms with van der Waals surface area (Å²) in [4.78, 5) is 12.5. The number of carbonyl (C=O) groups excluding carboxylic acids is 1. The number of ether oxygens (including phenoxy) is 1. The van der Waals surface area contributed by atoms with E-state index in [4.69, 9.17) is 9.15 Å². The number of hydrogen-bond acceptors (Lipinski definition) is 7. The smallest absolute Gasteiger partial charge is 0.322 e. The topological polar surface area (TPSA) is 115 Å². The number of amides is 1. The Bertz CT molecular complexity index is 1160. The fraction of sp³-hybridized carbons (Fsp3) is 0.250. The van der Waals surface area contributed by atoms with Crippen LogP contribution in [0.4, 0.5) is 6.01 Å². The minimum atomic E-state index is -3.66. The highest BCUT2D eigenvalue weighted by atomic mass is 32.2. The minimum absolute atomic E-state index is 0.0595. The van der Waals surface area contributed by atoms with E-state index in [2.05, 4.69) is 15.5 Å². The first-order valence-corrected chi connectivity index (χ1v) is 10.7. The summed E-state index contributed by atoms with van der Waals surface area (Å²) >= 11 is 0. The number of rotatable bonds is 6. The number of benzene rings is 2. The van der Waals surface area contributed by atoms with Crippen molar-refractivity contribution in [3.8, 4) is 0 Å². The zero-order valence-electron chi connectivity index (χ0n) is 16.2. The largest absolute Gasteiger partial charge is 0.405 e. The fourth-order valence-electron chi connectivity index (χ4n) is 3.26. The third-order valence-corrected chi connectivity index (χ3v) is 6.66. The van der Waals surface area contributed by atoms with Gasteiger partial charge in [0.05, 0.1) is 4.90 Å². The van der Waals surface area contributed by atoms with Crippen LogP contribution >= 0.6 is 0 Å². The van der Waals surface area contributed by atoms with Gasteiger partial charge in [-0.25, -0.2) is 8.42 Å². The lowest BCUT2D eigenvalue weighted by Gasteiger charge is -2.28. The molecular formula is C20H20N4O5S. The molecule has 0 aliphatic carbocycles. The van der Waals surface area contributed by atoms with Gasteiger partial charge in [0, 0.05) is 25.8 Å². The molecule has 1 aliphatic heterocycles. The van der Waals surface area contributed by atoms with Crippen molar-refractivity contribution in [2.24, 2.45) is 0 Å². The highest BCUT2D eigenvalue weighted by Gasteiger charge is 2.28. The lowest BCUT2D eigenvalue weighted by Crippen LogP contribution is -2.35. The molecule has 0 saturated carbocycles. The second kappa shape index (κ2) is 8.34. The van der Waals surface area contributed by atoms with Crippen molar-refractivity contribution in [3.05, 3.63) is 71.1 Å². The van der Waals surface area contributed by atoms with Crippen LogP contribution < -0.4 is 5.32 Å². The number of nitrogens with one attached hydrogen (secondary N) is 1. The van der Waals surface area contributed by atoms with Crippen molar-refractivity contribution in [3.63, 3.8) is 0 Å². The Morgan fingerprint density at radius 1 is 1.13 bits per heavy atom. The molecule has 1 aromatic heterocycles. The Kier molecular flexibility index (Phi) is 5.62. The van der Waals surface area contributed by atoms with E-state index in [1.165, 1.54) is 41.2 Å². The summed E-state index contributed by atoms with van der Waals surface area (Å²) in [5.74, 6) is -0.254. The number of methoxy groups -OCH3 is 1. The van der Waals surface area contributed by atoms with Gasteiger partial charge < -0.3 is 9.15 Å². The van der Waals surface area contributed by atoms with Crippen LogP contribution in [0.5, 0.6) is 0 Å². The standard InChI is InChI=1S/C20H20N4O5S/c1-28-13-18-22-23-20(29-18)21-19(25)15-6-8-17(9-7-15)30(26,27)24-11-10-14-4-2-3-5-16(14)12-24/h2-9H,10-13H2,1H3,(H,21,23,25). The molecule has 0 bridgehead atoms. The van der Waals surface area contributed by atoms with Gasteiger partial charge in [0.15, 0.2) is 0 Å². The molecule has 0 spiro atoms. The normalized spacial score (nSPS) is 14.3. The maximum absolute atomic E-state index is 13.0. The number of fused-ring (bicyclic) bond motifs is 1. The molecule has 0 radical (unpaired) electrons. The van der Waals surface area contributed by atoms with Gasteiger partial charge in [0.2, 0.25) is 15.9 Å². The number of carbonyl (C=O) groups is 1. The van der Waals surface area contributed by atoms with E-state index >= 15 is 0 Å². The number of aromatic nitrogens is 2. The molecule has 4 rings (SSSR count).